The first-order chi connectivity index (χ1) is 21.4. The molecule has 0 radical (unpaired) electrons. The number of alkyl halides is 3. The maximum Gasteiger partial charge on any atom is 0.416 e. The number of nitrogens with zero attached hydrogens (tertiary/aromatic N) is 3. The van der Waals surface area contributed by atoms with Gasteiger partial charge in [0.25, 0.3) is 5.56 Å². The molecule has 0 spiro atoms. The van der Waals surface area contributed by atoms with Crippen LogP contribution in [0.25, 0.3) is 11.1 Å². The quantitative estimate of drug-likeness (QED) is 0.194. The summed E-state index contributed by atoms with van der Waals surface area (Å²) in [5.41, 5.74) is 0.442. The maximum atomic E-state index is 14.1. The summed E-state index contributed by atoms with van der Waals surface area (Å²) in [5, 5.41) is 12.4. The molecular weight excluding hydrogens is 604 g/mol. The van der Waals surface area contributed by atoms with Gasteiger partial charge in [-0.1, -0.05) is 13.8 Å². The van der Waals surface area contributed by atoms with E-state index in [-0.39, 0.29) is 42.1 Å². The Morgan fingerprint density at radius 1 is 1.13 bits per heavy atom. The Morgan fingerprint density at radius 2 is 1.76 bits per heavy atom. The van der Waals surface area contributed by atoms with Gasteiger partial charge in [0.05, 0.1) is 18.0 Å². The Labute approximate surface area is 265 Å². The number of carboxylic acid groups (broad SMARTS) is 1. The number of aryl methyl sites for hydroxylation is 2. The summed E-state index contributed by atoms with van der Waals surface area (Å²) in [5.74, 6) is -0.126. The Balaban J connectivity index is 2.13. The summed E-state index contributed by atoms with van der Waals surface area (Å²) in [6.07, 6.45) is 2.81. The van der Waals surface area contributed by atoms with Crippen molar-refractivity contribution in [1.29, 1.82) is 0 Å². The molecule has 46 heavy (non-hydrogen) atoms. The SMILES string of the molecule is C#Cc1ncc(C(CC(=O)O)NC(=O)[C@@H](CC(C)C)n2cc(CCN(C)C)c(C(F)(F)F)cc2=O)cc1-c1c(C)cc(F)cc1C. The number of benzene rings is 1. The number of aliphatic carboxylic acids is 1. The highest BCUT2D eigenvalue weighted by Crippen LogP contribution is 2.34. The molecule has 2 atom stereocenters. The predicted molar refractivity (Wildman–Crippen MR) is 167 cm³/mol. The van der Waals surface area contributed by atoms with Crippen molar-refractivity contribution in [2.75, 3.05) is 20.6 Å². The van der Waals surface area contributed by atoms with Crippen molar-refractivity contribution in [3.63, 3.8) is 0 Å². The number of carboxylic acids is 1. The van der Waals surface area contributed by atoms with Gasteiger partial charge in [0.2, 0.25) is 5.91 Å². The number of likely N-dealkylation sites (N-methyl/N-ethyl adjacent to an activating group) is 1. The van der Waals surface area contributed by atoms with Crippen molar-refractivity contribution in [2.24, 2.45) is 5.92 Å². The first kappa shape index (κ1) is 36.0. The first-order valence-electron chi connectivity index (χ1n) is 14.7. The Bertz CT molecular complexity index is 1680. The largest absolute Gasteiger partial charge is 0.481 e. The van der Waals surface area contributed by atoms with E-state index in [0.717, 1.165) is 10.8 Å². The van der Waals surface area contributed by atoms with Crippen molar-refractivity contribution >= 4 is 11.9 Å². The van der Waals surface area contributed by atoms with E-state index < -0.39 is 53.5 Å². The molecule has 2 heterocycles. The number of rotatable bonds is 12. The second-order valence-electron chi connectivity index (χ2n) is 12.0. The molecule has 0 aliphatic carbocycles. The molecule has 1 unspecified atom stereocenters. The minimum Gasteiger partial charge on any atom is -0.481 e. The lowest BCUT2D eigenvalue weighted by atomic mass is 9.92. The lowest BCUT2D eigenvalue weighted by Crippen LogP contribution is -2.40. The van der Waals surface area contributed by atoms with Crippen molar-refractivity contribution in [3.05, 3.63) is 86.3 Å². The van der Waals surface area contributed by atoms with E-state index in [0.29, 0.717) is 28.3 Å². The molecule has 0 aliphatic heterocycles. The standard InChI is InChI=1S/C34H38F4N4O4/c1-8-27-25(32-20(4)12-24(35)13-21(32)5)14-23(17-39-27)28(16-31(44)45)40-33(46)29(11-19(2)3)42-18-22(9-10-41(6)7)26(15-30(42)43)34(36,37)38/h1,12-15,17-19,28-29H,9-11,16H2,2-7H3,(H,40,46)(H,44,45)/t28?,29-/m1/s1. The van der Waals surface area contributed by atoms with E-state index in [1.165, 1.54) is 18.3 Å². The number of halogens is 4. The molecule has 0 aliphatic rings. The summed E-state index contributed by atoms with van der Waals surface area (Å²) in [7, 11) is 3.41. The molecule has 246 valence electrons. The number of hydrogen-bond donors (Lipinski definition) is 2. The molecule has 12 heteroatoms. The highest BCUT2D eigenvalue weighted by Gasteiger charge is 2.36. The van der Waals surface area contributed by atoms with Crippen LogP contribution in [-0.2, 0) is 22.2 Å². The summed E-state index contributed by atoms with van der Waals surface area (Å²) in [6, 6.07) is 2.35. The highest BCUT2D eigenvalue weighted by atomic mass is 19.4. The Morgan fingerprint density at radius 3 is 2.28 bits per heavy atom. The topological polar surface area (TPSA) is 105 Å². The number of carbonyl (C=O) groups is 2. The van der Waals surface area contributed by atoms with E-state index in [4.69, 9.17) is 6.42 Å². The van der Waals surface area contributed by atoms with Crippen molar-refractivity contribution < 1.29 is 32.3 Å². The van der Waals surface area contributed by atoms with Gasteiger partial charge in [0.1, 0.15) is 17.6 Å². The summed E-state index contributed by atoms with van der Waals surface area (Å²) < 4.78 is 56.7. The minimum absolute atomic E-state index is 0.0298. The molecule has 0 fully saturated rings. The Kier molecular flexibility index (Phi) is 11.5. The van der Waals surface area contributed by atoms with E-state index in [9.17, 15) is 37.1 Å². The van der Waals surface area contributed by atoms with Gasteiger partial charge in [-0.2, -0.15) is 13.2 Å². The minimum atomic E-state index is -4.78. The normalized spacial score (nSPS) is 13.0. The van der Waals surface area contributed by atoms with Crippen LogP contribution in [0.4, 0.5) is 17.6 Å². The third-order valence-corrected chi connectivity index (χ3v) is 7.54. The van der Waals surface area contributed by atoms with Gasteiger partial charge in [0.15, 0.2) is 0 Å². The van der Waals surface area contributed by atoms with Gasteiger partial charge < -0.3 is 19.9 Å². The predicted octanol–water partition coefficient (Wildman–Crippen LogP) is 5.69. The van der Waals surface area contributed by atoms with Crippen LogP contribution in [0.3, 0.4) is 0 Å². The average Bonchev–Trinajstić information content (AvgIpc) is 2.93. The third kappa shape index (κ3) is 8.81. The number of hydrogen-bond acceptors (Lipinski definition) is 5. The number of carbonyl (C=O) groups excluding carboxylic acids is 1. The molecule has 0 saturated carbocycles. The lowest BCUT2D eigenvalue weighted by Gasteiger charge is -2.26. The van der Waals surface area contributed by atoms with Crippen LogP contribution in [0, 0.1) is 37.9 Å². The van der Waals surface area contributed by atoms with Gasteiger partial charge in [-0.15, -0.1) is 6.42 Å². The number of terminal acetylenes is 1. The molecule has 8 nitrogen and oxygen atoms in total. The zero-order valence-corrected chi connectivity index (χ0v) is 26.6. The zero-order valence-electron chi connectivity index (χ0n) is 26.6. The fourth-order valence-corrected chi connectivity index (χ4v) is 5.44. The monoisotopic (exact) mass is 642 g/mol. The van der Waals surface area contributed by atoms with Crippen LogP contribution in [0.2, 0.25) is 0 Å². The third-order valence-electron chi connectivity index (χ3n) is 7.54. The second kappa shape index (κ2) is 14.7. The lowest BCUT2D eigenvalue weighted by molar-refractivity contribution is -0.139. The van der Waals surface area contributed by atoms with Crippen LogP contribution in [0.1, 0.15) is 72.3 Å². The number of pyridine rings is 2. The fourth-order valence-electron chi connectivity index (χ4n) is 5.44. The first-order valence-corrected chi connectivity index (χ1v) is 14.7. The molecule has 1 amide bonds. The zero-order chi connectivity index (χ0) is 34.5. The molecule has 0 bridgehead atoms. The highest BCUT2D eigenvalue weighted by molar-refractivity contribution is 5.82. The van der Waals surface area contributed by atoms with Gasteiger partial charge in [0, 0.05) is 30.6 Å². The van der Waals surface area contributed by atoms with Crippen LogP contribution < -0.4 is 10.9 Å². The average molecular weight is 643 g/mol. The summed E-state index contributed by atoms with van der Waals surface area (Å²) in [6.45, 7) is 7.23. The fraction of sp³-hybridized carbons (Fsp3) is 0.412. The molecule has 0 saturated heterocycles. The Hall–Kier alpha value is -4.50. The maximum absolute atomic E-state index is 14.1. The van der Waals surface area contributed by atoms with E-state index in [1.54, 1.807) is 52.8 Å². The number of aromatic nitrogens is 2. The molecule has 3 rings (SSSR count). The van der Waals surface area contributed by atoms with Crippen LogP contribution in [0.5, 0.6) is 0 Å². The van der Waals surface area contributed by atoms with Crippen LogP contribution in [0.15, 0.2) is 41.5 Å². The van der Waals surface area contributed by atoms with Crippen molar-refractivity contribution in [2.45, 2.75) is 65.2 Å². The number of amides is 1. The molecule has 2 N–H and O–H groups in total. The molecule has 2 aromatic heterocycles. The van der Waals surface area contributed by atoms with Gasteiger partial charge in [-0.25, -0.2) is 9.37 Å². The smallest absolute Gasteiger partial charge is 0.416 e. The van der Waals surface area contributed by atoms with Crippen LogP contribution >= 0.6 is 0 Å². The summed E-state index contributed by atoms with van der Waals surface area (Å²) in [4.78, 5) is 45.0. The molecule has 3 aromatic rings. The van der Waals surface area contributed by atoms with E-state index >= 15 is 0 Å². The van der Waals surface area contributed by atoms with Crippen molar-refractivity contribution in [1.82, 2.24) is 19.8 Å². The van der Waals surface area contributed by atoms with Crippen LogP contribution in [-0.4, -0.2) is 52.1 Å². The van der Waals surface area contributed by atoms with Crippen molar-refractivity contribution in [3.8, 4) is 23.5 Å². The molecule has 1 aromatic carbocycles. The van der Waals surface area contributed by atoms with E-state index in [2.05, 4.69) is 16.2 Å². The van der Waals surface area contributed by atoms with Gasteiger partial charge in [-0.05, 0) is 98.6 Å². The second-order valence-corrected chi connectivity index (χ2v) is 12.0. The molecular formula is C34H38F4N4O4. The summed E-state index contributed by atoms with van der Waals surface area (Å²) >= 11 is 0. The number of nitrogens with one attached hydrogen (secondary N) is 1. The van der Waals surface area contributed by atoms with Gasteiger partial charge >= 0.3 is 12.1 Å². The van der Waals surface area contributed by atoms with E-state index in [1.807, 2.05) is 0 Å². The van der Waals surface area contributed by atoms with Gasteiger partial charge in [-0.3, -0.25) is 14.4 Å².